The van der Waals surface area contributed by atoms with Gasteiger partial charge in [0.1, 0.15) is 5.82 Å². The normalized spacial score (nSPS) is 10.7. The first-order chi connectivity index (χ1) is 14.3. The minimum Gasteiger partial charge on any atom is -0.452 e. The largest absolute Gasteiger partial charge is 0.452 e. The van der Waals surface area contributed by atoms with Gasteiger partial charge in [-0.25, -0.2) is 4.79 Å². The molecule has 156 valence electrons. The number of carbonyl (C=O) groups is 3. The highest BCUT2D eigenvalue weighted by Gasteiger charge is 2.17. The maximum atomic E-state index is 12.3. The van der Waals surface area contributed by atoms with Crippen LogP contribution in [0, 0.1) is 20.8 Å². The molecule has 0 atom stereocenters. The first kappa shape index (κ1) is 21.0. The van der Waals surface area contributed by atoms with Crippen molar-refractivity contribution in [2.24, 2.45) is 0 Å². The van der Waals surface area contributed by atoms with E-state index in [1.165, 1.54) is 11.9 Å². The van der Waals surface area contributed by atoms with E-state index in [0.717, 1.165) is 16.8 Å². The lowest BCUT2D eigenvalue weighted by atomic mass is 10.1. The van der Waals surface area contributed by atoms with Gasteiger partial charge >= 0.3 is 5.97 Å². The number of carbonyl (C=O) groups excluding carboxylic acids is 3. The third-order valence-electron chi connectivity index (χ3n) is 4.69. The van der Waals surface area contributed by atoms with E-state index >= 15 is 0 Å². The Morgan fingerprint density at radius 3 is 2.47 bits per heavy atom. The third kappa shape index (κ3) is 4.62. The number of amides is 2. The van der Waals surface area contributed by atoms with E-state index in [0.29, 0.717) is 11.5 Å². The second-order valence-corrected chi connectivity index (χ2v) is 7.03. The van der Waals surface area contributed by atoms with Gasteiger partial charge in [-0.2, -0.15) is 0 Å². The quantitative estimate of drug-likeness (QED) is 0.624. The molecule has 0 aliphatic rings. The lowest BCUT2D eigenvalue weighted by molar-refractivity contribution is -0.136. The van der Waals surface area contributed by atoms with Crippen molar-refractivity contribution in [1.82, 2.24) is 19.5 Å². The van der Waals surface area contributed by atoms with Gasteiger partial charge in [0.2, 0.25) is 5.91 Å². The zero-order valence-corrected chi connectivity index (χ0v) is 17.3. The monoisotopic (exact) mass is 409 g/mol. The van der Waals surface area contributed by atoms with Crippen molar-refractivity contribution in [3.05, 3.63) is 59.0 Å². The van der Waals surface area contributed by atoms with Gasteiger partial charge in [-0.05, 0) is 44.0 Å². The number of para-hydroxylation sites is 1. The molecule has 0 aliphatic carbocycles. The number of aromatic nitrogens is 3. The fourth-order valence-electron chi connectivity index (χ4n) is 2.94. The summed E-state index contributed by atoms with van der Waals surface area (Å²) in [5, 5.41) is 10.7. The Bertz CT molecular complexity index is 1100. The molecule has 0 saturated carbocycles. The zero-order valence-electron chi connectivity index (χ0n) is 17.3. The smallest absolute Gasteiger partial charge is 0.340 e. The standard InChI is InChI=1S/C21H23N5O4/c1-13-6-5-7-14(2)20(13)22-18(27)11-25(4)19(28)12-30-21(29)16-8-9-17-24-23-15(3)26(17)10-16/h5-10H,11-12H2,1-4H3,(H,22,27). The average Bonchev–Trinajstić information content (AvgIpc) is 3.09. The second kappa shape index (κ2) is 8.73. The summed E-state index contributed by atoms with van der Waals surface area (Å²) in [7, 11) is 1.48. The highest BCUT2D eigenvalue weighted by atomic mass is 16.5. The molecular weight excluding hydrogens is 386 g/mol. The lowest BCUT2D eigenvalue weighted by Gasteiger charge is -2.18. The summed E-state index contributed by atoms with van der Waals surface area (Å²) in [4.78, 5) is 38.0. The SMILES string of the molecule is Cc1cccc(C)c1NC(=O)CN(C)C(=O)COC(=O)c1ccc2nnc(C)n2c1. The predicted octanol–water partition coefficient (Wildman–Crippen LogP) is 1.91. The number of nitrogens with one attached hydrogen (secondary N) is 1. The predicted molar refractivity (Wildman–Crippen MR) is 110 cm³/mol. The van der Waals surface area contributed by atoms with E-state index in [-0.39, 0.29) is 18.0 Å². The molecule has 3 rings (SSSR count). The van der Waals surface area contributed by atoms with Crippen LogP contribution in [0.2, 0.25) is 0 Å². The van der Waals surface area contributed by atoms with Gasteiger partial charge in [0.25, 0.3) is 5.91 Å². The summed E-state index contributed by atoms with van der Waals surface area (Å²) in [6.45, 7) is 4.93. The second-order valence-electron chi connectivity index (χ2n) is 7.03. The molecule has 2 amide bonds. The fraction of sp³-hybridized carbons (Fsp3) is 0.286. The van der Waals surface area contributed by atoms with Crippen LogP contribution < -0.4 is 5.32 Å². The Balaban J connectivity index is 1.54. The molecule has 1 N–H and O–H groups in total. The summed E-state index contributed by atoms with van der Waals surface area (Å²) in [6, 6.07) is 8.90. The van der Waals surface area contributed by atoms with Crippen LogP contribution in [0.3, 0.4) is 0 Å². The van der Waals surface area contributed by atoms with Gasteiger partial charge in [-0.15, -0.1) is 10.2 Å². The molecular formula is C21H23N5O4. The van der Waals surface area contributed by atoms with E-state index < -0.39 is 18.5 Å². The number of nitrogens with zero attached hydrogens (tertiary/aromatic N) is 4. The van der Waals surface area contributed by atoms with Crippen LogP contribution in [-0.4, -0.2) is 57.5 Å². The molecule has 1 aromatic carbocycles. The summed E-state index contributed by atoms with van der Waals surface area (Å²) in [6.07, 6.45) is 1.55. The van der Waals surface area contributed by atoms with Gasteiger partial charge in [-0.1, -0.05) is 18.2 Å². The molecule has 3 aromatic rings. The molecule has 0 saturated heterocycles. The molecule has 0 bridgehead atoms. The Kier molecular flexibility index (Phi) is 6.10. The number of hydrogen-bond donors (Lipinski definition) is 1. The fourth-order valence-corrected chi connectivity index (χ4v) is 2.94. The van der Waals surface area contributed by atoms with E-state index in [2.05, 4.69) is 15.5 Å². The number of likely N-dealkylation sites (N-methyl/N-ethyl adjacent to an activating group) is 1. The van der Waals surface area contributed by atoms with Crippen molar-refractivity contribution < 1.29 is 19.1 Å². The molecule has 9 heteroatoms. The van der Waals surface area contributed by atoms with Gasteiger partial charge in [0.15, 0.2) is 12.3 Å². The molecule has 0 aliphatic heterocycles. The van der Waals surface area contributed by atoms with Crippen LogP contribution in [-0.2, 0) is 14.3 Å². The van der Waals surface area contributed by atoms with E-state index in [1.54, 1.807) is 29.7 Å². The number of anilines is 1. The maximum absolute atomic E-state index is 12.3. The lowest BCUT2D eigenvalue weighted by Crippen LogP contribution is -2.37. The summed E-state index contributed by atoms with van der Waals surface area (Å²) >= 11 is 0. The number of hydrogen-bond acceptors (Lipinski definition) is 6. The Labute approximate surface area is 173 Å². The van der Waals surface area contributed by atoms with Crippen molar-refractivity contribution in [1.29, 1.82) is 0 Å². The van der Waals surface area contributed by atoms with Crippen LogP contribution in [0.15, 0.2) is 36.5 Å². The number of benzene rings is 1. The number of pyridine rings is 1. The number of aryl methyl sites for hydroxylation is 3. The van der Waals surface area contributed by atoms with Crippen LogP contribution in [0.5, 0.6) is 0 Å². The van der Waals surface area contributed by atoms with Crippen LogP contribution >= 0.6 is 0 Å². The van der Waals surface area contributed by atoms with Gasteiger partial charge in [0.05, 0.1) is 12.1 Å². The molecule has 0 radical (unpaired) electrons. The third-order valence-corrected chi connectivity index (χ3v) is 4.69. The first-order valence-corrected chi connectivity index (χ1v) is 9.35. The number of fused-ring (bicyclic) bond motifs is 1. The van der Waals surface area contributed by atoms with Crippen molar-refractivity contribution >= 4 is 29.1 Å². The minimum atomic E-state index is -0.647. The van der Waals surface area contributed by atoms with E-state index in [1.807, 2.05) is 32.0 Å². The topological polar surface area (TPSA) is 106 Å². The van der Waals surface area contributed by atoms with E-state index in [4.69, 9.17) is 4.74 Å². The summed E-state index contributed by atoms with van der Waals surface area (Å²) < 4.78 is 6.75. The molecule has 0 fully saturated rings. The number of ether oxygens (including phenoxy) is 1. The van der Waals surface area contributed by atoms with Crippen LogP contribution in [0.25, 0.3) is 5.65 Å². The number of esters is 1. The first-order valence-electron chi connectivity index (χ1n) is 9.35. The Morgan fingerprint density at radius 2 is 1.77 bits per heavy atom. The van der Waals surface area contributed by atoms with Crippen LogP contribution in [0.4, 0.5) is 5.69 Å². The highest BCUT2D eigenvalue weighted by Crippen LogP contribution is 2.19. The zero-order chi connectivity index (χ0) is 21.8. The van der Waals surface area contributed by atoms with Crippen LogP contribution in [0.1, 0.15) is 27.3 Å². The molecule has 0 unspecified atom stereocenters. The van der Waals surface area contributed by atoms with Crippen molar-refractivity contribution in [3.8, 4) is 0 Å². The summed E-state index contributed by atoms with van der Waals surface area (Å²) in [5.41, 5.74) is 3.48. The van der Waals surface area contributed by atoms with Crippen molar-refractivity contribution in [2.75, 3.05) is 25.5 Å². The van der Waals surface area contributed by atoms with Gasteiger partial charge < -0.3 is 15.0 Å². The van der Waals surface area contributed by atoms with Gasteiger partial charge in [-0.3, -0.25) is 14.0 Å². The number of rotatable bonds is 6. The van der Waals surface area contributed by atoms with E-state index in [9.17, 15) is 14.4 Å². The maximum Gasteiger partial charge on any atom is 0.340 e. The Hall–Kier alpha value is -3.75. The molecule has 2 aromatic heterocycles. The molecule has 9 nitrogen and oxygen atoms in total. The highest BCUT2D eigenvalue weighted by molar-refractivity contribution is 5.96. The molecule has 2 heterocycles. The average molecular weight is 409 g/mol. The summed E-state index contributed by atoms with van der Waals surface area (Å²) in [5.74, 6) is -0.832. The minimum absolute atomic E-state index is 0.157. The van der Waals surface area contributed by atoms with Crippen molar-refractivity contribution in [3.63, 3.8) is 0 Å². The molecule has 0 spiro atoms. The van der Waals surface area contributed by atoms with Crippen molar-refractivity contribution in [2.45, 2.75) is 20.8 Å². The Morgan fingerprint density at radius 1 is 1.07 bits per heavy atom. The molecule has 30 heavy (non-hydrogen) atoms. The van der Waals surface area contributed by atoms with Gasteiger partial charge in [0, 0.05) is 18.9 Å².